The summed E-state index contributed by atoms with van der Waals surface area (Å²) < 4.78 is 18.7. The first-order chi connectivity index (χ1) is 14.9. The van der Waals surface area contributed by atoms with Crippen LogP contribution in [0.1, 0.15) is 43.6 Å². The van der Waals surface area contributed by atoms with Gasteiger partial charge in [-0.1, -0.05) is 30.3 Å². The monoisotopic (exact) mass is 429 g/mol. The summed E-state index contributed by atoms with van der Waals surface area (Å²) in [6.45, 7) is 1.22. The zero-order chi connectivity index (χ0) is 21.9. The van der Waals surface area contributed by atoms with Gasteiger partial charge in [-0.05, 0) is 67.9 Å². The predicted octanol–water partition coefficient (Wildman–Crippen LogP) is 3.09. The van der Waals surface area contributed by atoms with Crippen LogP contribution in [0.3, 0.4) is 0 Å². The summed E-state index contributed by atoms with van der Waals surface area (Å²) in [7, 11) is 0. The molecule has 1 saturated heterocycles. The molecule has 2 aromatic rings. The van der Waals surface area contributed by atoms with E-state index in [2.05, 4.69) is 24.3 Å². The molecule has 1 saturated carbocycles. The Labute approximate surface area is 183 Å². The molecule has 0 bridgehead atoms. The minimum absolute atomic E-state index is 0.0925. The van der Waals surface area contributed by atoms with E-state index in [0.717, 1.165) is 25.7 Å². The van der Waals surface area contributed by atoms with Crippen LogP contribution in [0.15, 0.2) is 54.6 Å². The second kappa shape index (κ2) is 9.25. The highest BCUT2D eigenvalue weighted by atomic mass is 19.1. The van der Waals surface area contributed by atoms with Gasteiger partial charge in [0.1, 0.15) is 23.8 Å². The average molecular weight is 430 g/mol. The van der Waals surface area contributed by atoms with Crippen molar-refractivity contribution in [3.63, 3.8) is 0 Å². The van der Waals surface area contributed by atoms with Crippen molar-refractivity contribution in [3.8, 4) is 5.75 Å². The molecule has 2 fully saturated rings. The molecule has 3 N–H and O–H groups in total. The molecule has 0 spiro atoms. The third kappa shape index (κ3) is 5.44. The van der Waals surface area contributed by atoms with Crippen molar-refractivity contribution in [1.29, 1.82) is 0 Å². The summed E-state index contributed by atoms with van der Waals surface area (Å²) in [5.41, 5.74) is -0.894. The minimum atomic E-state index is -1.44. The van der Waals surface area contributed by atoms with Crippen LogP contribution in [0.5, 0.6) is 5.75 Å². The molecule has 6 heteroatoms. The van der Waals surface area contributed by atoms with Crippen LogP contribution in [-0.2, 0) is 0 Å². The first kappa shape index (κ1) is 22.2. The highest BCUT2D eigenvalue weighted by Crippen LogP contribution is 2.39. The lowest BCUT2D eigenvalue weighted by atomic mass is 9.75. The maximum absolute atomic E-state index is 13.1. The summed E-state index contributed by atoms with van der Waals surface area (Å²) in [6, 6.07) is 16.0. The summed E-state index contributed by atoms with van der Waals surface area (Å²) >= 11 is 0. The molecule has 1 heterocycles. The van der Waals surface area contributed by atoms with E-state index in [1.807, 2.05) is 11.0 Å². The molecular formula is C25H32FNO4. The Balaban J connectivity index is 1.33. The number of halogens is 1. The highest BCUT2D eigenvalue weighted by molar-refractivity contribution is 5.22. The molecule has 0 radical (unpaired) electrons. The Morgan fingerprint density at radius 1 is 0.968 bits per heavy atom. The summed E-state index contributed by atoms with van der Waals surface area (Å²) in [5.74, 6) is 0.563. The van der Waals surface area contributed by atoms with Crippen LogP contribution in [0, 0.1) is 5.82 Å². The number of benzene rings is 2. The van der Waals surface area contributed by atoms with E-state index in [4.69, 9.17) is 4.74 Å². The summed E-state index contributed by atoms with van der Waals surface area (Å²) in [6.07, 6.45) is 2.81. The number of hydrogen-bond donors (Lipinski definition) is 3. The van der Waals surface area contributed by atoms with Gasteiger partial charge in [-0.2, -0.15) is 0 Å². The number of β-amino-alcohol motifs (C(OH)–C–C–N with tert-alkyl or cyclic N) is 2. The molecule has 0 aromatic heterocycles. The van der Waals surface area contributed by atoms with Gasteiger partial charge in [-0.3, -0.25) is 4.90 Å². The topological polar surface area (TPSA) is 73.2 Å². The number of hydrogen-bond acceptors (Lipinski definition) is 5. The summed E-state index contributed by atoms with van der Waals surface area (Å²) in [5, 5.41) is 32.7. The molecule has 1 aliphatic carbocycles. The molecule has 168 valence electrons. The van der Waals surface area contributed by atoms with Gasteiger partial charge < -0.3 is 20.1 Å². The molecule has 31 heavy (non-hydrogen) atoms. The fourth-order valence-electron chi connectivity index (χ4n) is 4.95. The molecule has 2 atom stereocenters. The van der Waals surface area contributed by atoms with Gasteiger partial charge in [0.05, 0.1) is 11.7 Å². The second-order valence-corrected chi connectivity index (χ2v) is 9.27. The van der Waals surface area contributed by atoms with Crippen molar-refractivity contribution in [1.82, 2.24) is 4.90 Å². The Bertz CT molecular complexity index is 838. The molecular weight excluding hydrogens is 397 g/mol. The molecule has 1 aliphatic heterocycles. The van der Waals surface area contributed by atoms with Crippen LogP contribution in [0.2, 0.25) is 0 Å². The van der Waals surface area contributed by atoms with Gasteiger partial charge >= 0.3 is 0 Å². The smallest absolute Gasteiger partial charge is 0.137 e. The van der Waals surface area contributed by atoms with E-state index in [0.29, 0.717) is 31.2 Å². The lowest BCUT2D eigenvalue weighted by molar-refractivity contribution is -0.150. The molecule has 4 rings (SSSR count). The number of piperidine rings is 1. The predicted molar refractivity (Wildman–Crippen MR) is 117 cm³/mol. The SMILES string of the molecule is O[C@H]1CCN(CC2(O)CCC(c3ccccc3)CC2)C[C@]1(O)COc1ccc(F)cc1. The second-order valence-electron chi connectivity index (χ2n) is 9.27. The van der Waals surface area contributed by atoms with E-state index >= 15 is 0 Å². The normalized spacial score (nSPS) is 32.0. The fraction of sp³-hybridized carbons (Fsp3) is 0.520. The molecule has 5 nitrogen and oxygen atoms in total. The first-order valence-electron chi connectivity index (χ1n) is 11.1. The number of nitrogens with zero attached hydrogens (tertiary/aromatic N) is 1. The lowest BCUT2D eigenvalue weighted by Crippen LogP contribution is -2.62. The standard InChI is InChI=1S/C25H32FNO4/c26-21-6-8-22(9-7-21)31-18-25(30)17-27(15-12-23(25)28)16-24(29)13-10-20(11-14-24)19-4-2-1-3-5-19/h1-9,20,23,28-30H,10-18H2/t20?,23-,24?,25-/m0/s1. The van der Waals surface area contributed by atoms with Gasteiger partial charge in [-0.25, -0.2) is 4.39 Å². The number of aliphatic hydroxyl groups is 3. The quantitative estimate of drug-likeness (QED) is 0.658. The van der Waals surface area contributed by atoms with Crippen LogP contribution < -0.4 is 4.74 Å². The number of likely N-dealkylation sites (tertiary alicyclic amines) is 1. The largest absolute Gasteiger partial charge is 0.490 e. The van der Waals surface area contributed by atoms with E-state index in [1.165, 1.54) is 29.8 Å². The number of ether oxygens (including phenoxy) is 1. The maximum Gasteiger partial charge on any atom is 0.137 e. The van der Waals surface area contributed by atoms with Gasteiger partial charge in [0.25, 0.3) is 0 Å². The third-order valence-corrected chi connectivity index (χ3v) is 6.84. The zero-order valence-electron chi connectivity index (χ0n) is 17.8. The first-order valence-corrected chi connectivity index (χ1v) is 11.1. The third-order valence-electron chi connectivity index (χ3n) is 6.84. The van der Waals surface area contributed by atoms with E-state index in [9.17, 15) is 19.7 Å². The summed E-state index contributed by atoms with van der Waals surface area (Å²) in [4.78, 5) is 2.03. The molecule has 0 unspecified atom stereocenters. The Kier molecular flexibility index (Phi) is 6.63. The van der Waals surface area contributed by atoms with Crippen molar-refractivity contribution < 1.29 is 24.4 Å². The van der Waals surface area contributed by atoms with Crippen LogP contribution >= 0.6 is 0 Å². The van der Waals surface area contributed by atoms with Crippen molar-refractivity contribution in [3.05, 3.63) is 66.0 Å². The van der Waals surface area contributed by atoms with Gasteiger partial charge in [0.2, 0.25) is 0 Å². The highest BCUT2D eigenvalue weighted by Gasteiger charge is 2.44. The molecule has 0 amide bonds. The van der Waals surface area contributed by atoms with Crippen molar-refractivity contribution in [2.45, 2.75) is 55.3 Å². The fourth-order valence-corrected chi connectivity index (χ4v) is 4.95. The van der Waals surface area contributed by atoms with Crippen molar-refractivity contribution in [2.24, 2.45) is 0 Å². The Morgan fingerprint density at radius 2 is 1.65 bits per heavy atom. The van der Waals surface area contributed by atoms with E-state index in [-0.39, 0.29) is 19.0 Å². The molecule has 2 aromatic carbocycles. The zero-order valence-corrected chi connectivity index (χ0v) is 17.8. The Hall–Kier alpha value is -1.99. The number of rotatable bonds is 6. The maximum atomic E-state index is 13.1. The van der Waals surface area contributed by atoms with E-state index in [1.54, 1.807) is 0 Å². The number of aliphatic hydroxyl groups excluding tert-OH is 1. The van der Waals surface area contributed by atoms with Crippen molar-refractivity contribution in [2.75, 3.05) is 26.2 Å². The molecule has 2 aliphatic rings. The average Bonchev–Trinajstić information content (AvgIpc) is 2.77. The van der Waals surface area contributed by atoms with Gasteiger partial charge in [-0.15, -0.1) is 0 Å². The minimum Gasteiger partial charge on any atom is -0.490 e. The van der Waals surface area contributed by atoms with Crippen molar-refractivity contribution >= 4 is 0 Å². The lowest BCUT2D eigenvalue weighted by Gasteiger charge is -2.46. The van der Waals surface area contributed by atoms with Crippen LogP contribution in [0.25, 0.3) is 0 Å². The Morgan fingerprint density at radius 3 is 2.32 bits per heavy atom. The van der Waals surface area contributed by atoms with Gasteiger partial charge in [0.15, 0.2) is 0 Å². The van der Waals surface area contributed by atoms with Crippen LogP contribution in [0.4, 0.5) is 4.39 Å². The van der Waals surface area contributed by atoms with Crippen LogP contribution in [-0.4, -0.2) is 63.8 Å². The van der Waals surface area contributed by atoms with Gasteiger partial charge in [0, 0.05) is 19.6 Å². The van der Waals surface area contributed by atoms with E-state index < -0.39 is 17.3 Å².